The highest BCUT2D eigenvalue weighted by Gasteiger charge is 2.13. The summed E-state index contributed by atoms with van der Waals surface area (Å²) in [4.78, 5) is 24.3. The van der Waals surface area contributed by atoms with E-state index in [2.05, 4.69) is 42.4 Å². The second-order valence-electron chi connectivity index (χ2n) is 6.32. The second-order valence-corrected chi connectivity index (χ2v) is 8.09. The Morgan fingerprint density at radius 2 is 1.72 bits per heavy atom. The maximum atomic E-state index is 12.3. The molecule has 0 spiro atoms. The lowest BCUT2D eigenvalue weighted by Gasteiger charge is -2.10. The van der Waals surface area contributed by atoms with Crippen LogP contribution in [0.4, 0.5) is 0 Å². The maximum Gasteiger partial charge on any atom is 0.343 e. The van der Waals surface area contributed by atoms with Crippen molar-refractivity contribution in [2.24, 2.45) is 5.10 Å². The van der Waals surface area contributed by atoms with Gasteiger partial charge in [-0.2, -0.15) is 5.10 Å². The molecule has 1 N–H and O–H groups in total. The van der Waals surface area contributed by atoms with Gasteiger partial charge >= 0.3 is 5.97 Å². The van der Waals surface area contributed by atoms with Gasteiger partial charge in [0.15, 0.2) is 18.1 Å². The van der Waals surface area contributed by atoms with Crippen LogP contribution in [-0.4, -0.2) is 31.8 Å². The average Bonchev–Trinajstić information content (AvgIpc) is 2.79. The van der Waals surface area contributed by atoms with Gasteiger partial charge in [-0.05, 0) is 76.1 Å². The number of hydrogen-bond acceptors (Lipinski definition) is 6. The summed E-state index contributed by atoms with van der Waals surface area (Å²) in [6.45, 7) is -0.186. The van der Waals surface area contributed by atoms with Crippen LogP contribution >= 0.6 is 31.9 Å². The number of ether oxygens (including phenoxy) is 3. The Balaban J connectivity index is 1.57. The van der Waals surface area contributed by atoms with E-state index in [9.17, 15) is 9.59 Å². The summed E-state index contributed by atoms with van der Waals surface area (Å²) in [5, 5.41) is 3.91. The van der Waals surface area contributed by atoms with Crippen molar-refractivity contribution >= 4 is 50.0 Å². The third kappa shape index (κ3) is 6.66. The highest BCUT2D eigenvalue weighted by Crippen LogP contribution is 2.28. The van der Waals surface area contributed by atoms with E-state index in [1.807, 2.05) is 18.2 Å². The number of nitrogens with zero attached hydrogens (tertiary/aromatic N) is 1. The van der Waals surface area contributed by atoms with Gasteiger partial charge in [0, 0.05) is 4.47 Å². The van der Waals surface area contributed by atoms with Gasteiger partial charge in [0.05, 0.1) is 23.4 Å². The van der Waals surface area contributed by atoms with Crippen molar-refractivity contribution in [3.63, 3.8) is 0 Å². The first-order chi connectivity index (χ1) is 15.5. The number of amides is 1. The minimum atomic E-state index is -0.505. The zero-order chi connectivity index (χ0) is 22.9. The molecular weight excluding hydrogens is 544 g/mol. The lowest BCUT2D eigenvalue weighted by molar-refractivity contribution is -0.123. The number of nitrogens with one attached hydrogen (secondary N) is 1. The Morgan fingerprint density at radius 1 is 0.969 bits per heavy atom. The van der Waals surface area contributed by atoms with E-state index in [1.165, 1.54) is 13.3 Å². The van der Waals surface area contributed by atoms with Crippen LogP contribution in [-0.2, 0) is 4.79 Å². The van der Waals surface area contributed by atoms with Crippen molar-refractivity contribution in [3.05, 3.63) is 86.8 Å². The smallest absolute Gasteiger partial charge is 0.343 e. The molecule has 9 heteroatoms. The largest absolute Gasteiger partial charge is 0.493 e. The SMILES string of the molecule is COc1cc(C=NNC(=O)COc2ccccc2Br)ccc1OC(=O)c1ccc(Br)cc1. The molecule has 164 valence electrons. The zero-order valence-electron chi connectivity index (χ0n) is 16.9. The number of para-hydroxylation sites is 1. The third-order valence-electron chi connectivity index (χ3n) is 4.07. The Morgan fingerprint density at radius 3 is 2.44 bits per heavy atom. The molecule has 7 nitrogen and oxygen atoms in total. The second kappa shape index (κ2) is 11.4. The number of rotatable bonds is 8. The Bertz CT molecular complexity index is 1130. The molecule has 0 fully saturated rings. The van der Waals surface area contributed by atoms with Gasteiger partial charge in [0.1, 0.15) is 5.75 Å². The first kappa shape index (κ1) is 23.5. The average molecular weight is 562 g/mol. The molecule has 0 bridgehead atoms. The van der Waals surface area contributed by atoms with E-state index in [4.69, 9.17) is 14.2 Å². The van der Waals surface area contributed by atoms with E-state index < -0.39 is 11.9 Å². The fourth-order valence-electron chi connectivity index (χ4n) is 2.51. The van der Waals surface area contributed by atoms with E-state index >= 15 is 0 Å². The number of hydrazone groups is 1. The zero-order valence-corrected chi connectivity index (χ0v) is 20.1. The molecular formula is C23H18Br2N2O5. The van der Waals surface area contributed by atoms with E-state index in [0.29, 0.717) is 22.6 Å². The quantitative estimate of drug-likeness (QED) is 0.182. The van der Waals surface area contributed by atoms with Gasteiger partial charge in [-0.1, -0.05) is 28.1 Å². The van der Waals surface area contributed by atoms with Crippen molar-refractivity contribution < 1.29 is 23.8 Å². The van der Waals surface area contributed by atoms with E-state index in [1.54, 1.807) is 48.5 Å². The molecule has 0 unspecified atom stereocenters. The van der Waals surface area contributed by atoms with Crippen LogP contribution in [0, 0.1) is 0 Å². The normalized spacial score (nSPS) is 10.6. The summed E-state index contributed by atoms with van der Waals surface area (Å²) in [5.74, 6) is 0.259. The van der Waals surface area contributed by atoms with Crippen LogP contribution in [0.2, 0.25) is 0 Å². The number of halogens is 2. The molecule has 0 saturated carbocycles. The molecule has 0 heterocycles. The molecule has 0 atom stereocenters. The van der Waals surface area contributed by atoms with Crippen molar-refractivity contribution in [1.29, 1.82) is 0 Å². The molecule has 1 amide bonds. The molecule has 3 aromatic carbocycles. The number of esters is 1. The van der Waals surface area contributed by atoms with Gasteiger partial charge in [0.2, 0.25) is 0 Å². The van der Waals surface area contributed by atoms with Gasteiger partial charge in [-0.3, -0.25) is 4.79 Å². The third-order valence-corrected chi connectivity index (χ3v) is 5.25. The van der Waals surface area contributed by atoms with E-state index in [0.717, 1.165) is 8.95 Å². The topological polar surface area (TPSA) is 86.2 Å². The molecule has 0 aliphatic rings. The Kier molecular flexibility index (Phi) is 8.41. The number of carbonyl (C=O) groups excluding carboxylic acids is 2. The first-order valence-corrected chi connectivity index (χ1v) is 10.9. The van der Waals surface area contributed by atoms with Gasteiger partial charge in [-0.15, -0.1) is 0 Å². The van der Waals surface area contributed by atoms with Crippen LogP contribution in [0.5, 0.6) is 17.2 Å². The Labute approximate surface area is 201 Å². The van der Waals surface area contributed by atoms with Crippen LogP contribution in [0.15, 0.2) is 80.8 Å². The summed E-state index contributed by atoms with van der Waals surface area (Å²) in [6, 6.07) is 19.0. The van der Waals surface area contributed by atoms with Gasteiger partial charge in [-0.25, -0.2) is 10.2 Å². The van der Waals surface area contributed by atoms with Crippen molar-refractivity contribution in [1.82, 2.24) is 5.43 Å². The van der Waals surface area contributed by atoms with Gasteiger partial charge < -0.3 is 14.2 Å². The summed E-state index contributed by atoms with van der Waals surface area (Å²) in [7, 11) is 1.47. The maximum absolute atomic E-state index is 12.3. The molecule has 3 aromatic rings. The molecule has 0 aliphatic carbocycles. The standard InChI is InChI=1S/C23H18Br2N2O5/c1-30-21-12-15(6-11-20(21)32-23(29)16-7-9-17(24)10-8-16)13-26-27-22(28)14-31-19-5-3-2-4-18(19)25/h2-13H,14H2,1H3,(H,27,28). The van der Waals surface area contributed by atoms with Crippen molar-refractivity contribution in [2.75, 3.05) is 13.7 Å². The van der Waals surface area contributed by atoms with Gasteiger partial charge in [0.25, 0.3) is 5.91 Å². The summed E-state index contributed by atoms with van der Waals surface area (Å²) in [5.41, 5.74) is 3.44. The summed E-state index contributed by atoms with van der Waals surface area (Å²) in [6.07, 6.45) is 1.44. The number of benzene rings is 3. The predicted molar refractivity (Wildman–Crippen MR) is 127 cm³/mol. The van der Waals surface area contributed by atoms with Crippen LogP contribution in [0.25, 0.3) is 0 Å². The van der Waals surface area contributed by atoms with Crippen LogP contribution in [0.3, 0.4) is 0 Å². The van der Waals surface area contributed by atoms with Crippen molar-refractivity contribution in [2.45, 2.75) is 0 Å². The lowest BCUT2D eigenvalue weighted by atomic mass is 10.2. The van der Waals surface area contributed by atoms with Crippen LogP contribution < -0.4 is 19.6 Å². The monoisotopic (exact) mass is 560 g/mol. The van der Waals surface area contributed by atoms with Crippen molar-refractivity contribution in [3.8, 4) is 17.2 Å². The molecule has 32 heavy (non-hydrogen) atoms. The molecule has 0 aliphatic heterocycles. The minimum Gasteiger partial charge on any atom is -0.493 e. The molecule has 0 aromatic heterocycles. The highest BCUT2D eigenvalue weighted by molar-refractivity contribution is 9.10. The fourth-order valence-corrected chi connectivity index (χ4v) is 3.17. The van der Waals surface area contributed by atoms with Crippen LogP contribution in [0.1, 0.15) is 15.9 Å². The summed E-state index contributed by atoms with van der Waals surface area (Å²) < 4.78 is 17.8. The first-order valence-electron chi connectivity index (χ1n) is 9.31. The molecule has 0 saturated heterocycles. The summed E-state index contributed by atoms with van der Waals surface area (Å²) >= 11 is 6.67. The fraction of sp³-hybridized carbons (Fsp3) is 0.0870. The molecule has 0 radical (unpaired) electrons. The predicted octanol–water partition coefficient (Wildman–Crippen LogP) is 4.97. The molecule has 3 rings (SSSR count). The Hall–Kier alpha value is -3.17. The van der Waals surface area contributed by atoms with E-state index in [-0.39, 0.29) is 12.4 Å². The highest BCUT2D eigenvalue weighted by atomic mass is 79.9. The minimum absolute atomic E-state index is 0.186. The number of hydrogen-bond donors (Lipinski definition) is 1. The lowest BCUT2D eigenvalue weighted by Crippen LogP contribution is -2.24. The number of methoxy groups -OCH3 is 1. The number of carbonyl (C=O) groups is 2.